The summed E-state index contributed by atoms with van der Waals surface area (Å²) in [4.78, 5) is 21.1. The lowest BCUT2D eigenvalue weighted by Crippen LogP contribution is -2.21. The number of esters is 2. The zero-order valence-electron chi connectivity index (χ0n) is 5.62. The van der Waals surface area contributed by atoms with Gasteiger partial charge in [0.05, 0.1) is 7.11 Å². The Morgan fingerprint density at radius 3 is 2.90 bits per heavy atom. The van der Waals surface area contributed by atoms with Crippen LogP contribution in [0.3, 0.4) is 0 Å². The smallest absolute Gasteiger partial charge is 0.347 e. The molecule has 1 rings (SSSR count). The van der Waals surface area contributed by atoms with Gasteiger partial charge in [-0.3, -0.25) is 4.79 Å². The minimum atomic E-state index is -0.655. The predicted molar refractivity (Wildman–Crippen MR) is 31.1 cm³/mol. The average Bonchev–Trinajstić information content (AvgIpc) is 2.34. The zero-order chi connectivity index (χ0) is 7.56. The molecule has 0 bridgehead atoms. The normalized spacial score (nSPS) is 24.1. The molecule has 0 unspecified atom stereocenters. The first-order valence-electron chi connectivity index (χ1n) is 3.01. The van der Waals surface area contributed by atoms with Crippen molar-refractivity contribution in [3.8, 4) is 0 Å². The first-order valence-corrected chi connectivity index (χ1v) is 3.01. The average molecular weight is 144 g/mol. The van der Waals surface area contributed by atoms with Crippen molar-refractivity contribution in [2.24, 2.45) is 0 Å². The van der Waals surface area contributed by atoms with Crippen molar-refractivity contribution >= 4 is 11.9 Å². The van der Waals surface area contributed by atoms with E-state index in [1.807, 2.05) is 0 Å². The Morgan fingerprint density at radius 2 is 2.50 bits per heavy atom. The molecule has 0 aromatic rings. The third-order valence-electron chi connectivity index (χ3n) is 1.35. The topological polar surface area (TPSA) is 52.6 Å². The highest BCUT2D eigenvalue weighted by molar-refractivity contribution is 5.82. The molecule has 0 N–H and O–H groups in total. The summed E-state index contributed by atoms with van der Waals surface area (Å²) < 4.78 is 8.97. The van der Waals surface area contributed by atoms with Crippen LogP contribution in [0.25, 0.3) is 0 Å². The molecule has 1 aliphatic rings. The molecular weight excluding hydrogens is 136 g/mol. The minimum absolute atomic E-state index is 0.319. The summed E-state index contributed by atoms with van der Waals surface area (Å²) in [5.74, 6) is -0.791. The van der Waals surface area contributed by atoms with E-state index < -0.39 is 12.1 Å². The number of carbonyl (C=O) groups excluding carboxylic acids is 2. The summed E-state index contributed by atoms with van der Waals surface area (Å²) in [6.07, 6.45) is 0.114. The highest BCUT2D eigenvalue weighted by atomic mass is 16.6. The van der Waals surface area contributed by atoms with Gasteiger partial charge < -0.3 is 9.47 Å². The second-order valence-corrected chi connectivity index (χ2v) is 2.04. The molecule has 0 amide bonds. The molecule has 0 saturated carbocycles. The first-order chi connectivity index (χ1) is 4.74. The lowest BCUT2D eigenvalue weighted by Gasteiger charge is -2.04. The molecule has 56 valence electrons. The third-order valence-corrected chi connectivity index (χ3v) is 1.35. The maximum Gasteiger partial charge on any atom is 0.347 e. The summed E-state index contributed by atoms with van der Waals surface area (Å²) in [5, 5.41) is 0. The molecule has 0 radical (unpaired) electrons. The van der Waals surface area contributed by atoms with Crippen LogP contribution in [0, 0.1) is 0 Å². The van der Waals surface area contributed by atoms with Crippen LogP contribution in [-0.2, 0) is 19.1 Å². The molecule has 1 fully saturated rings. The fraction of sp³-hybridized carbons (Fsp3) is 0.667. The van der Waals surface area contributed by atoms with Crippen molar-refractivity contribution in [1.82, 2.24) is 0 Å². The van der Waals surface area contributed by atoms with Gasteiger partial charge in [-0.15, -0.1) is 0 Å². The molecule has 0 spiro atoms. The van der Waals surface area contributed by atoms with E-state index in [2.05, 4.69) is 9.47 Å². The second kappa shape index (κ2) is 2.68. The van der Waals surface area contributed by atoms with Crippen LogP contribution >= 0.6 is 0 Å². The lowest BCUT2D eigenvalue weighted by molar-refractivity contribution is -0.159. The molecule has 1 saturated heterocycles. The number of carbonyl (C=O) groups is 2. The SMILES string of the molecule is COC(=O)[C@H]1CCC(=O)O1. The van der Waals surface area contributed by atoms with Crippen LogP contribution in [0.2, 0.25) is 0 Å². The van der Waals surface area contributed by atoms with E-state index in [0.717, 1.165) is 0 Å². The maximum absolute atomic E-state index is 10.7. The Bertz CT molecular complexity index is 163. The van der Waals surface area contributed by atoms with E-state index in [0.29, 0.717) is 12.8 Å². The van der Waals surface area contributed by atoms with Gasteiger partial charge in [0.2, 0.25) is 0 Å². The van der Waals surface area contributed by atoms with Crippen molar-refractivity contribution in [2.45, 2.75) is 18.9 Å². The van der Waals surface area contributed by atoms with E-state index >= 15 is 0 Å². The van der Waals surface area contributed by atoms with Crippen molar-refractivity contribution in [3.63, 3.8) is 0 Å². The van der Waals surface area contributed by atoms with Gasteiger partial charge in [0.25, 0.3) is 0 Å². The van der Waals surface area contributed by atoms with E-state index in [9.17, 15) is 9.59 Å². The summed E-state index contributed by atoms with van der Waals surface area (Å²) in [5.41, 5.74) is 0. The second-order valence-electron chi connectivity index (χ2n) is 2.04. The lowest BCUT2D eigenvalue weighted by atomic mass is 10.2. The van der Waals surface area contributed by atoms with Gasteiger partial charge in [-0.05, 0) is 0 Å². The molecule has 4 nitrogen and oxygen atoms in total. The quantitative estimate of drug-likeness (QED) is 0.481. The summed E-state index contributed by atoms with van der Waals surface area (Å²) >= 11 is 0. The van der Waals surface area contributed by atoms with E-state index in [1.54, 1.807) is 0 Å². The van der Waals surface area contributed by atoms with Crippen molar-refractivity contribution in [1.29, 1.82) is 0 Å². The predicted octanol–water partition coefficient (Wildman–Crippen LogP) is -0.135. The molecule has 0 aromatic carbocycles. The standard InChI is InChI=1S/C6H8O4/c1-9-6(8)4-2-3-5(7)10-4/h4H,2-3H2,1H3/t4-/m1/s1. The Kier molecular flexibility index (Phi) is 1.89. The molecule has 10 heavy (non-hydrogen) atoms. The number of hydrogen-bond donors (Lipinski definition) is 0. The molecule has 1 atom stereocenters. The molecular formula is C6H8O4. The Balaban J connectivity index is 2.44. The van der Waals surface area contributed by atoms with E-state index in [-0.39, 0.29) is 5.97 Å². The van der Waals surface area contributed by atoms with Gasteiger partial charge in [0.15, 0.2) is 6.10 Å². The highest BCUT2D eigenvalue weighted by Crippen LogP contribution is 2.14. The summed E-state index contributed by atoms with van der Waals surface area (Å²) in [6.45, 7) is 0. The Hall–Kier alpha value is -1.06. The highest BCUT2D eigenvalue weighted by Gasteiger charge is 2.30. The first kappa shape index (κ1) is 7.05. The van der Waals surface area contributed by atoms with Crippen molar-refractivity contribution in [3.05, 3.63) is 0 Å². The number of rotatable bonds is 1. The number of cyclic esters (lactones) is 1. The Morgan fingerprint density at radius 1 is 1.80 bits per heavy atom. The van der Waals surface area contributed by atoms with Gasteiger partial charge in [-0.25, -0.2) is 4.79 Å². The van der Waals surface area contributed by atoms with Gasteiger partial charge in [0, 0.05) is 12.8 Å². The monoisotopic (exact) mass is 144 g/mol. The van der Waals surface area contributed by atoms with E-state index in [4.69, 9.17) is 0 Å². The van der Waals surface area contributed by atoms with Crippen LogP contribution < -0.4 is 0 Å². The number of ether oxygens (including phenoxy) is 2. The molecule has 0 aromatic heterocycles. The minimum Gasteiger partial charge on any atom is -0.466 e. The van der Waals surface area contributed by atoms with Crippen LogP contribution in [-0.4, -0.2) is 25.2 Å². The zero-order valence-corrected chi connectivity index (χ0v) is 5.62. The third kappa shape index (κ3) is 1.26. The molecule has 4 heteroatoms. The fourth-order valence-electron chi connectivity index (χ4n) is 0.823. The van der Waals surface area contributed by atoms with Crippen molar-refractivity contribution in [2.75, 3.05) is 7.11 Å². The number of methoxy groups -OCH3 is 1. The van der Waals surface area contributed by atoms with Crippen LogP contribution in [0.4, 0.5) is 0 Å². The number of hydrogen-bond acceptors (Lipinski definition) is 4. The van der Waals surface area contributed by atoms with Gasteiger partial charge in [0.1, 0.15) is 0 Å². The molecule has 0 aliphatic carbocycles. The summed E-state index contributed by atoms with van der Waals surface area (Å²) in [6, 6.07) is 0. The molecule has 1 aliphatic heterocycles. The Labute approximate surface area is 58.1 Å². The fourth-order valence-corrected chi connectivity index (χ4v) is 0.823. The molecule has 1 heterocycles. The van der Waals surface area contributed by atoms with Crippen LogP contribution in [0.15, 0.2) is 0 Å². The van der Waals surface area contributed by atoms with Gasteiger partial charge in [-0.1, -0.05) is 0 Å². The van der Waals surface area contributed by atoms with Crippen molar-refractivity contribution < 1.29 is 19.1 Å². The van der Waals surface area contributed by atoms with Crippen LogP contribution in [0.1, 0.15) is 12.8 Å². The summed E-state index contributed by atoms with van der Waals surface area (Å²) in [7, 11) is 1.27. The largest absolute Gasteiger partial charge is 0.466 e. The van der Waals surface area contributed by atoms with Gasteiger partial charge >= 0.3 is 11.9 Å². The van der Waals surface area contributed by atoms with Crippen LogP contribution in [0.5, 0.6) is 0 Å². The van der Waals surface area contributed by atoms with Gasteiger partial charge in [-0.2, -0.15) is 0 Å². The maximum atomic E-state index is 10.7. The van der Waals surface area contributed by atoms with E-state index in [1.165, 1.54) is 7.11 Å².